The van der Waals surface area contributed by atoms with Crippen molar-refractivity contribution in [1.29, 1.82) is 0 Å². The Bertz CT molecular complexity index is 903. The average Bonchev–Trinajstić information content (AvgIpc) is 3.12. The highest BCUT2D eigenvalue weighted by Crippen LogP contribution is 2.39. The monoisotopic (exact) mass is 515 g/mol. The van der Waals surface area contributed by atoms with Gasteiger partial charge in [0, 0.05) is 24.5 Å². The summed E-state index contributed by atoms with van der Waals surface area (Å²) in [6, 6.07) is 0.0303. The number of hydrogen-bond acceptors (Lipinski definition) is 9. The van der Waals surface area contributed by atoms with Crippen LogP contribution in [0.4, 0.5) is 10.6 Å². The molecule has 0 radical (unpaired) electrons. The van der Waals surface area contributed by atoms with Gasteiger partial charge in [0.25, 0.3) is 0 Å². The number of methoxy groups -OCH3 is 1. The van der Waals surface area contributed by atoms with E-state index >= 15 is 0 Å². The van der Waals surface area contributed by atoms with Crippen LogP contribution in [0.5, 0.6) is 5.88 Å². The van der Waals surface area contributed by atoms with Gasteiger partial charge < -0.3 is 19.7 Å². The third-order valence-corrected chi connectivity index (χ3v) is 6.45. The first-order chi connectivity index (χ1) is 14.2. The van der Waals surface area contributed by atoms with E-state index in [1.807, 2.05) is 32.4 Å². The van der Waals surface area contributed by atoms with Crippen LogP contribution in [0.15, 0.2) is 15.1 Å². The van der Waals surface area contributed by atoms with E-state index in [0.717, 1.165) is 28.0 Å². The summed E-state index contributed by atoms with van der Waals surface area (Å²) >= 11 is 6.34. The van der Waals surface area contributed by atoms with Crippen LogP contribution in [0, 0.1) is 0 Å². The van der Waals surface area contributed by atoms with Crippen LogP contribution in [0.3, 0.4) is 0 Å². The van der Waals surface area contributed by atoms with Gasteiger partial charge in [-0.1, -0.05) is 11.8 Å². The number of nitrogens with zero attached hydrogens (tertiary/aromatic N) is 4. The smallest absolute Gasteiger partial charge is 0.410 e. The molecule has 2 aromatic rings. The summed E-state index contributed by atoms with van der Waals surface area (Å²) in [6.07, 6.45) is 3.43. The summed E-state index contributed by atoms with van der Waals surface area (Å²) in [4.78, 5) is 28.0. The Balaban J connectivity index is 1.87. The number of carbonyl (C=O) groups is 1. The van der Waals surface area contributed by atoms with Crippen LogP contribution in [0.25, 0.3) is 10.6 Å². The molecule has 0 saturated carbocycles. The van der Waals surface area contributed by atoms with Gasteiger partial charge >= 0.3 is 6.09 Å². The van der Waals surface area contributed by atoms with Crippen molar-refractivity contribution >= 4 is 50.9 Å². The number of aromatic nitrogens is 3. The summed E-state index contributed by atoms with van der Waals surface area (Å²) in [5, 5.41) is 6.78. The Morgan fingerprint density at radius 2 is 2.13 bits per heavy atom. The predicted molar refractivity (Wildman–Crippen MR) is 124 cm³/mol. The highest BCUT2D eigenvalue weighted by Gasteiger charge is 2.29. The van der Waals surface area contributed by atoms with Gasteiger partial charge in [0.05, 0.1) is 7.11 Å². The lowest BCUT2D eigenvalue weighted by Gasteiger charge is -2.34. The molecule has 0 spiro atoms. The molecule has 1 aliphatic heterocycles. The SMILES string of the molecule is COc1nc(SC)nc(NC2CCCN(C(=O)OC(C)(C)C)C2)c1-c1nc(Br)cs1. The van der Waals surface area contributed by atoms with Gasteiger partial charge in [0.1, 0.15) is 26.6 Å². The van der Waals surface area contributed by atoms with Crippen LogP contribution < -0.4 is 10.1 Å². The van der Waals surface area contributed by atoms with E-state index in [0.29, 0.717) is 29.9 Å². The van der Waals surface area contributed by atoms with Crippen LogP contribution >= 0.6 is 39.0 Å². The zero-order valence-corrected chi connectivity index (χ0v) is 20.9. The molecule has 1 amide bonds. The fourth-order valence-electron chi connectivity index (χ4n) is 3.11. The Morgan fingerprint density at radius 1 is 1.37 bits per heavy atom. The van der Waals surface area contributed by atoms with E-state index in [1.54, 1.807) is 12.0 Å². The number of anilines is 1. The molecule has 164 valence electrons. The number of rotatable bonds is 5. The van der Waals surface area contributed by atoms with Crippen molar-refractivity contribution in [2.45, 2.75) is 50.4 Å². The summed E-state index contributed by atoms with van der Waals surface area (Å²) in [6.45, 7) is 6.85. The number of hydrogen-bond donors (Lipinski definition) is 1. The lowest BCUT2D eigenvalue weighted by molar-refractivity contribution is 0.0206. The number of nitrogens with one attached hydrogen (secondary N) is 1. The summed E-state index contributed by atoms with van der Waals surface area (Å²) < 4.78 is 11.8. The lowest BCUT2D eigenvalue weighted by Crippen LogP contribution is -2.47. The number of thiazole rings is 1. The molecule has 1 unspecified atom stereocenters. The second-order valence-electron chi connectivity index (χ2n) is 7.83. The molecule has 2 aromatic heterocycles. The van der Waals surface area contributed by atoms with E-state index in [9.17, 15) is 4.79 Å². The predicted octanol–water partition coefficient (Wildman–Crippen LogP) is 4.90. The molecule has 0 aliphatic carbocycles. The minimum atomic E-state index is -0.518. The van der Waals surface area contributed by atoms with Gasteiger partial charge in [-0.05, 0) is 55.8 Å². The van der Waals surface area contributed by atoms with Gasteiger partial charge in [-0.15, -0.1) is 11.3 Å². The second-order valence-corrected chi connectivity index (χ2v) is 10.3. The Labute approximate surface area is 193 Å². The molecule has 1 atom stereocenters. The highest BCUT2D eigenvalue weighted by atomic mass is 79.9. The molecular weight excluding hydrogens is 490 g/mol. The topological polar surface area (TPSA) is 89.5 Å². The first-order valence-electron chi connectivity index (χ1n) is 9.56. The third-order valence-electron chi connectivity index (χ3n) is 4.34. The van der Waals surface area contributed by atoms with Crippen molar-refractivity contribution in [1.82, 2.24) is 19.9 Å². The zero-order chi connectivity index (χ0) is 21.9. The summed E-state index contributed by atoms with van der Waals surface area (Å²) in [7, 11) is 1.59. The maximum absolute atomic E-state index is 12.5. The first kappa shape index (κ1) is 23.1. The molecule has 11 heteroatoms. The van der Waals surface area contributed by atoms with Gasteiger partial charge in [0.2, 0.25) is 5.88 Å². The van der Waals surface area contributed by atoms with E-state index in [4.69, 9.17) is 9.47 Å². The maximum atomic E-state index is 12.5. The fraction of sp³-hybridized carbons (Fsp3) is 0.579. The van der Waals surface area contributed by atoms with Crippen molar-refractivity contribution in [2.75, 3.05) is 31.8 Å². The Kier molecular flexibility index (Phi) is 7.46. The van der Waals surface area contributed by atoms with Gasteiger partial charge in [-0.25, -0.2) is 14.8 Å². The molecule has 0 aromatic carbocycles. The lowest BCUT2D eigenvalue weighted by atomic mass is 10.1. The maximum Gasteiger partial charge on any atom is 0.410 e. The number of piperidine rings is 1. The number of ether oxygens (including phenoxy) is 2. The van der Waals surface area contributed by atoms with Crippen molar-refractivity contribution in [3.63, 3.8) is 0 Å². The number of likely N-dealkylation sites (tertiary alicyclic amines) is 1. The van der Waals surface area contributed by atoms with E-state index in [-0.39, 0.29) is 12.1 Å². The Morgan fingerprint density at radius 3 is 2.73 bits per heavy atom. The largest absolute Gasteiger partial charge is 0.480 e. The molecule has 1 fully saturated rings. The minimum Gasteiger partial charge on any atom is -0.480 e. The summed E-state index contributed by atoms with van der Waals surface area (Å²) in [5.74, 6) is 1.13. The van der Waals surface area contributed by atoms with Crippen LogP contribution in [-0.4, -0.2) is 64.0 Å². The standard InChI is InChI=1S/C19H26BrN5O3S2/c1-19(2,3)28-18(26)25-8-6-7-11(9-25)21-14-13(16-22-12(20)10-30-16)15(27-4)24-17(23-14)29-5/h10-11H,6-9H2,1-5H3,(H,21,23,24). The average molecular weight is 516 g/mol. The molecule has 1 saturated heterocycles. The molecule has 3 heterocycles. The number of halogens is 1. The minimum absolute atomic E-state index is 0.0303. The Hall–Kier alpha value is -1.59. The van der Waals surface area contributed by atoms with Gasteiger partial charge in [-0.2, -0.15) is 4.98 Å². The second kappa shape index (κ2) is 9.69. The molecule has 0 bridgehead atoms. The number of carbonyl (C=O) groups excluding carboxylic acids is 1. The summed E-state index contributed by atoms with van der Waals surface area (Å²) in [5.41, 5.74) is 0.205. The number of amides is 1. The van der Waals surface area contributed by atoms with E-state index in [2.05, 4.69) is 36.2 Å². The quantitative estimate of drug-likeness (QED) is 0.443. The molecule has 8 nitrogen and oxygen atoms in total. The van der Waals surface area contributed by atoms with Crippen molar-refractivity contribution in [3.05, 3.63) is 9.98 Å². The molecule has 3 rings (SSSR count). The normalized spacial score (nSPS) is 17.0. The van der Waals surface area contributed by atoms with Crippen molar-refractivity contribution in [3.8, 4) is 16.5 Å². The van der Waals surface area contributed by atoms with Crippen LogP contribution in [0.2, 0.25) is 0 Å². The third kappa shape index (κ3) is 5.76. The first-order valence-corrected chi connectivity index (χ1v) is 12.5. The van der Waals surface area contributed by atoms with Crippen LogP contribution in [-0.2, 0) is 4.74 Å². The molecule has 1 aliphatic rings. The molecular formula is C19H26BrN5O3S2. The van der Waals surface area contributed by atoms with Crippen LogP contribution in [0.1, 0.15) is 33.6 Å². The molecule has 30 heavy (non-hydrogen) atoms. The van der Waals surface area contributed by atoms with Crippen molar-refractivity contribution in [2.24, 2.45) is 0 Å². The zero-order valence-electron chi connectivity index (χ0n) is 17.7. The van der Waals surface area contributed by atoms with Crippen molar-refractivity contribution < 1.29 is 14.3 Å². The fourth-order valence-corrected chi connectivity index (χ4v) is 4.75. The highest BCUT2D eigenvalue weighted by molar-refractivity contribution is 9.10. The van der Waals surface area contributed by atoms with Gasteiger partial charge in [0.15, 0.2) is 5.16 Å². The van der Waals surface area contributed by atoms with E-state index < -0.39 is 5.60 Å². The van der Waals surface area contributed by atoms with E-state index in [1.165, 1.54) is 23.1 Å². The number of thioether (sulfide) groups is 1. The molecule has 1 N–H and O–H groups in total. The van der Waals surface area contributed by atoms with Gasteiger partial charge in [-0.3, -0.25) is 0 Å².